The van der Waals surface area contributed by atoms with E-state index in [2.05, 4.69) is 9.62 Å². The number of fused-ring (bicyclic) bond motifs is 3. The molecular formula is C20H29N3O6S. The molecule has 0 aliphatic carbocycles. The van der Waals surface area contributed by atoms with E-state index < -0.39 is 16.1 Å². The first-order valence-corrected chi connectivity index (χ1v) is 12.1. The van der Waals surface area contributed by atoms with E-state index in [1.807, 2.05) is 11.9 Å². The van der Waals surface area contributed by atoms with Crippen LogP contribution < -0.4 is 9.46 Å². The summed E-state index contributed by atoms with van der Waals surface area (Å²) in [4.78, 5) is 16.8. The lowest BCUT2D eigenvalue weighted by atomic mass is 9.84. The molecule has 1 aromatic rings. The zero-order valence-corrected chi connectivity index (χ0v) is 18.1. The molecule has 0 saturated carbocycles. The highest BCUT2D eigenvalue weighted by molar-refractivity contribution is 7.92. The van der Waals surface area contributed by atoms with Gasteiger partial charge in [-0.15, -0.1) is 0 Å². The van der Waals surface area contributed by atoms with Crippen LogP contribution in [0.15, 0.2) is 18.2 Å². The Bertz CT molecular complexity index is 900. The number of aliphatic hydroxyl groups is 1. The molecule has 1 amide bonds. The molecule has 166 valence electrons. The van der Waals surface area contributed by atoms with E-state index in [0.717, 1.165) is 24.9 Å². The number of anilines is 1. The minimum Gasteiger partial charge on any atom is -0.487 e. The summed E-state index contributed by atoms with van der Waals surface area (Å²) in [5, 5.41) is 9.86. The van der Waals surface area contributed by atoms with Crippen LogP contribution in [0, 0.1) is 0 Å². The Labute approximate surface area is 177 Å². The Morgan fingerprint density at radius 1 is 1.27 bits per heavy atom. The van der Waals surface area contributed by atoms with Crippen LogP contribution in [0.3, 0.4) is 0 Å². The van der Waals surface area contributed by atoms with Crippen LogP contribution in [0.2, 0.25) is 0 Å². The number of benzene rings is 1. The molecule has 3 heterocycles. The molecule has 30 heavy (non-hydrogen) atoms. The fraction of sp³-hybridized carbons (Fsp3) is 0.650. The van der Waals surface area contributed by atoms with Gasteiger partial charge in [0.2, 0.25) is 15.9 Å². The first-order chi connectivity index (χ1) is 14.2. The van der Waals surface area contributed by atoms with Crippen LogP contribution in [-0.2, 0) is 19.6 Å². The Morgan fingerprint density at radius 3 is 2.67 bits per heavy atom. The second kappa shape index (κ2) is 8.33. The van der Waals surface area contributed by atoms with Crippen molar-refractivity contribution < 1.29 is 27.8 Å². The van der Waals surface area contributed by atoms with Gasteiger partial charge in [-0.3, -0.25) is 9.52 Å². The van der Waals surface area contributed by atoms with Gasteiger partial charge in [-0.05, 0) is 31.7 Å². The monoisotopic (exact) mass is 439 g/mol. The van der Waals surface area contributed by atoms with Crippen molar-refractivity contribution in [3.8, 4) is 5.75 Å². The van der Waals surface area contributed by atoms with Gasteiger partial charge in [-0.2, -0.15) is 0 Å². The van der Waals surface area contributed by atoms with E-state index in [-0.39, 0.29) is 37.1 Å². The van der Waals surface area contributed by atoms with Gasteiger partial charge in [-0.25, -0.2) is 8.42 Å². The number of carbonyl (C=O) groups excluding carboxylic acids is 1. The average Bonchev–Trinajstić information content (AvgIpc) is 3.04. The molecule has 0 radical (unpaired) electrons. The second-order valence-electron chi connectivity index (χ2n) is 8.42. The summed E-state index contributed by atoms with van der Waals surface area (Å²) in [6, 6.07) is 5.17. The lowest BCUT2D eigenvalue weighted by Crippen LogP contribution is -2.50. The molecule has 9 nitrogen and oxygen atoms in total. The molecule has 2 saturated heterocycles. The minimum absolute atomic E-state index is 0.0647. The third-order valence-corrected chi connectivity index (χ3v) is 6.67. The molecule has 2 N–H and O–H groups in total. The average molecular weight is 440 g/mol. The highest BCUT2D eigenvalue weighted by Gasteiger charge is 2.46. The number of aliphatic hydroxyl groups excluding tert-OH is 1. The molecule has 0 spiro atoms. The van der Waals surface area contributed by atoms with E-state index in [0.29, 0.717) is 30.9 Å². The van der Waals surface area contributed by atoms with E-state index >= 15 is 0 Å². The van der Waals surface area contributed by atoms with Gasteiger partial charge in [0, 0.05) is 43.3 Å². The van der Waals surface area contributed by atoms with Crippen molar-refractivity contribution in [2.45, 2.75) is 37.1 Å². The van der Waals surface area contributed by atoms with E-state index in [4.69, 9.17) is 9.47 Å². The van der Waals surface area contributed by atoms with E-state index in [1.54, 1.807) is 18.2 Å². The second-order valence-corrected chi connectivity index (χ2v) is 10.2. The fourth-order valence-electron chi connectivity index (χ4n) is 4.55. The third kappa shape index (κ3) is 4.56. The predicted octanol–water partition coefficient (Wildman–Crippen LogP) is 0.217. The number of piperazine rings is 1. The largest absolute Gasteiger partial charge is 0.487 e. The van der Waals surface area contributed by atoms with Crippen LogP contribution in [-0.4, -0.2) is 93.6 Å². The SMILES string of the molecule is CN1CCN(C(=O)C[C@H]2C[C@H]3c4cc(NS(C)(=O)=O)ccc4O[C@H]3[C@H](CO)O2)CC1. The number of carbonyl (C=O) groups is 1. The van der Waals surface area contributed by atoms with Crippen LogP contribution in [0.5, 0.6) is 5.75 Å². The number of nitrogens with one attached hydrogen (secondary N) is 1. The molecule has 10 heteroatoms. The first-order valence-electron chi connectivity index (χ1n) is 10.2. The smallest absolute Gasteiger partial charge is 0.229 e. The molecule has 0 unspecified atom stereocenters. The summed E-state index contributed by atoms with van der Waals surface area (Å²) in [5.74, 6) is 0.657. The van der Waals surface area contributed by atoms with Gasteiger partial charge in [0.15, 0.2) is 0 Å². The molecule has 0 aromatic heterocycles. The van der Waals surface area contributed by atoms with Crippen molar-refractivity contribution in [3.63, 3.8) is 0 Å². The molecule has 0 bridgehead atoms. The Morgan fingerprint density at radius 2 is 2.00 bits per heavy atom. The minimum atomic E-state index is -3.39. The van der Waals surface area contributed by atoms with Crippen molar-refractivity contribution >= 4 is 21.6 Å². The number of sulfonamides is 1. The summed E-state index contributed by atoms with van der Waals surface area (Å²) < 4.78 is 37.7. The number of ether oxygens (including phenoxy) is 2. The number of likely N-dealkylation sites (N-methyl/N-ethyl adjacent to an activating group) is 1. The number of hydrogen-bond donors (Lipinski definition) is 2. The van der Waals surface area contributed by atoms with Gasteiger partial charge >= 0.3 is 0 Å². The summed E-state index contributed by atoms with van der Waals surface area (Å²) in [6.07, 6.45) is 0.740. The maximum absolute atomic E-state index is 12.8. The number of amides is 1. The topological polar surface area (TPSA) is 108 Å². The summed E-state index contributed by atoms with van der Waals surface area (Å²) in [5.41, 5.74) is 1.35. The van der Waals surface area contributed by atoms with Crippen molar-refractivity contribution in [3.05, 3.63) is 23.8 Å². The van der Waals surface area contributed by atoms with E-state index in [1.165, 1.54) is 0 Å². The van der Waals surface area contributed by atoms with Crippen molar-refractivity contribution in [1.82, 2.24) is 9.80 Å². The molecule has 2 fully saturated rings. The summed E-state index contributed by atoms with van der Waals surface area (Å²) >= 11 is 0. The zero-order chi connectivity index (χ0) is 21.5. The number of rotatable bonds is 5. The molecule has 3 aliphatic rings. The molecule has 1 aromatic carbocycles. The van der Waals surface area contributed by atoms with Crippen molar-refractivity contribution in [2.24, 2.45) is 0 Å². The third-order valence-electron chi connectivity index (χ3n) is 6.06. The van der Waals surface area contributed by atoms with Crippen LogP contribution in [0.1, 0.15) is 24.3 Å². The first kappa shape index (κ1) is 21.4. The highest BCUT2D eigenvalue weighted by Crippen LogP contribution is 2.47. The number of hydrogen-bond acceptors (Lipinski definition) is 7. The summed E-state index contributed by atoms with van der Waals surface area (Å²) in [6.45, 7) is 2.94. The van der Waals surface area contributed by atoms with Gasteiger partial charge in [-0.1, -0.05) is 0 Å². The summed E-state index contributed by atoms with van der Waals surface area (Å²) in [7, 11) is -1.35. The van der Waals surface area contributed by atoms with Gasteiger partial charge < -0.3 is 24.4 Å². The van der Waals surface area contributed by atoms with E-state index in [9.17, 15) is 18.3 Å². The maximum Gasteiger partial charge on any atom is 0.229 e. The highest BCUT2D eigenvalue weighted by atomic mass is 32.2. The van der Waals surface area contributed by atoms with Gasteiger partial charge in [0.05, 0.1) is 25.4 Å². The Kier molecular flexibility index (Phi) is 5.93. The Balaban J connectivity index is 1.49. The van der Waals surface area contributed by atoms with Gasteiger partial charge in [0.25, 0.3) is 0 Å². The van der Waals surface area contributed by atoms with Crippen LogP contribution >= 0.6 is 0 Å². The maximum atomic E-state index is 12.8. The number of nitrogens with zero attached hydrogens (tertiary/aromatic N) is 2. The lowest BCUT2D eigenvalue weighted by molar-refractivity contribution is -0.150. The van der Waals surface area contributed by atoms with Crippen molar-refractivity contribution in [1.29, 1.82) is 0 Å². The normalized spacial score (nSPS) is 29.1. The molecular weight excluding hydrogens is 410 g/mol. The standard InChI is InChI=1S/C20H29N3O6S/c1-22-5-7-23(8-6-22)19(25)11-14-10-16-15-9-13(21-30(2,26)27)3-4-17(15)29-20(16)18(12-24)28-14/h3-4,9,14,16,18,20-21,24H,5-8,10-12H2,1-2H3/t14-,16+,18+,20-/m1/s1. The molecule has 3 aliphatic heterocycles. The fourth-order valence-corrected chi connectivity index (χ4v) is 5.10. The van der Waals surface area contributed by atoms with Crippen molar-refractivity contribution in [2.75, 3.05) is 50.8 Å². The quantitative estimate of drug-likeness (QED) is 0.675. The van der Waals surface area contributed by atoms with Crippen LogP contribution in [0.25, 0.3) is 0 Å². The zero-order valence-electron chi connectivity index (χ0n) is 17.3. The van der Waals surface area contributed by atoms with Gasteiger partial charge in [0.1, 0.15) is 18.0 Å². The lowest BCUT2D eigenvalue weighted by Gasteiger charge is -2.38. The predicted molar refractivity (Wildman–Crippen MR) is 111 cm³/mol. The van der Waals surface area contributed by atoms with Crippen LogP contribution in [0.4, 0.5) is 5.69 Å². The molecule has 4 atom stereocenters. The Hall–Kier alpha value is -1.88. The molecule has 4 rings (SSSR count).